The number of aliphatic imine (C=N–C) groups is 1. The summed E-state index contributed by atoms with van der Waals surface area (Å²) in [6.45, 7) is 4.64. The molecule has 1 aromatic heterocycles. The molecule has 1 heterocycles. The number of amides is 1. The molecule has 7 nitrogen and oxygen atoms in total. The Morgan fingerprint density at radius 1 is 1.13 bits per heavy atom. The molecule has 0 atom stereocenters. The van der Waals surface area contributed by atoms with Crippen LogP contribution in [0.5, 0.6) is 0 Å². The predicted octanol–water partition coefficient (Wildman–Crippen LogP) is 4.13. The molecule has 0 saturated carbocycles. The third kappa shape index (κ3) is 7.39. The molecule has 0 bridgehead atoms. The van der Waals surface area contributed by atoms with Crippen LogP contribution in [0.1, 0.15) is 23.7 Å². The molecule has 164 valence electrons. The lowest BCUT2D eigenvalue weighted by molar-refractivity contribution is -0.115. The summed E-state index contributed by atoms with van der Waals surface area (Å²) in [4.78, 5) is 20.8. The first kappa shape index (κ1) is 24.4. The van der Waals surface area contributed by atoms with E-state index in [1.807, 2.05) is 55.5 Å². The Labute approximate surface area is 199 Å². The van der Waals surface area contributed by atoms with Gasteiger partial charge in [-0.2, -0.15) is 0 Å². The molecule has 2 aromatic carbocycles. The van der Waals surface area contributed by atoms with Crippen LogP contribution >= 0.6 is 24.0 Å². The third-order valence-corrected chi connectivity index (χ3v) is 4.55. The second kappa shape index (κ2) is 12.1. The molecule has 0 fully saturated rings. The Morgan fingerprint density at radius 3 is 2.61 bits per heavy atom. The number of nitrogens with one attached hydrogen (secondary N) is 3. The highest BCUT2D eigenvalue weighted by atomic mass is 127. The number of rotatable bonds is 7. The lowest BCUT2D eigenvalue weighted by atomic mass is 10.1. The van der Waals surface area contributed by atoms with Crippen LogP contribution in [0, 0.1) is 6.92 Å². The molecule has 0 aliphatic heterocycles. The zero-order valence-electron chi connectivity index (χ0n) is 17.9. The van der Waals surface area contributed by atoms with Crippen molar-refractivity contribution >= 4 is 41.5 Å². The summed E-state index contributed by atoms with van der Waals surface area (Å²) in [5, 5.41) is 9.02. The SMILES string of the molecule is CCc1cccc(NC(=O)CNC(=NC)NCc2coc(-c3ccc(C)cc3)n2)c1.I. The Balaban J connectivity index is 0.00000341. The number of aryl methyl sites for hydroxylation is 2. The standard InChI is InChI=1S/C23H27N5O2.HI/c1-4-17-6-5-7-19(12-17)27-21(29)14-26-23(24-3)25-13-20-15-30-22(28-20)18-10-8-16(2)9-11-18;/h5-12,15H,4,13-14H2,1-3H3,(H,27,29)(H2,24,25,26);1H. The van der Waals surface area contributed by atoms with Gasteiger partial charge in [0, 0.05) is 18.3 Å². The van der Waals surface area contributed by atoms with E-state index in [2.05, 4.69) is 32.9 Å². The van der Waals surface area contributed by atoms with Gasteiger partial charge in [0.1, 0.15) is 6.26 Å². The number of aromatic nitrogens is 1. The zero-order chi connectivity index (χ0) is 21.3. The van der Waals surface area contributed by atoms with Gasteiger partial charge in [-0.05, 0) is 43.2 Å². The minimum Gasteiger partial charge on any atom is -0.444 e. The highest BCUT2D eigenvalue weighted by Crippen LogP contribution is 2.19. The second-order valence-corrected chi connectivity index (χ2v) is 6.89. The average molecular weight is 533 g/mol. The molecule has 0 spiro atoms. The van der Waals surface area contributed by atoms with Gasteiger partial charge >= 0.3 is 0 Å². The van der Waals surface area contributed by atoms with E-state index < -0.39 is 0 Å². The molecule has 31 heavy (non-hydrogen) atoms. The highest BCUT2D eigenvalue weighted by molar-refractivity contribution is 14.0. The maximum absolute atomic E-state index is 12.2. The Morgan fingerprint density at radius 2 is 1.90 bits per heavy atom. The summed E-state index contributed by atoms with van der Waals surface area (Å²) < 4.78 is 5.56. The molecule has 0 saturated heterocycles. The largest absolute Gasteiger partial charge is 0.444 e. The van der Waals surface area contributed by atoms with Crippen molar-refractivity contribution in [2.45, 2.75) is 26.8 Å². The van der Waals surface area contributed by atoms with E-state index in [4.69, 9.17) is 4.42 Å². The second-order valence-electron chi connectivity index (χ2n) is 6.89. The molecule has 1 amide bonds. The van der Waals surface area contributed by atoms with Gasteiger partial charge in [-0.3, -0.25) is 9.79 Å². The monoisotopic (exact) mass is 533 g/mol. The number of carbonyl (C=O) groups is 1. The van der Waals surface area contributed by atoms with E-state index in [0.717, 1.165) is 23.4 Å². The number of anilines is 1. The summed E-state index contributed by atoms with van der Waals surface area (Å²) in [6, 6.07) is 15.8. The highest BCUT2D eigenvalue weighted by Gasteiger charge is 2.08. The molecule has 3 N–H and O–H groups in total. The summed E-state index contributed by atoms with van der Waals surface area (Å²) in [5.74, 6) is 0.935. The lowest BCUT2D eigenvalue weighted by Gasteiger charge is -2.11. The van der Waals surface area contributed by atoms with Crippen LogP contribution in [-0.2, 0) is 17.8 Å². The van der Waals surface area contributed by atoms with Crippen LogP contribution in [0.2, 0.25) is 0 Å². The quantitative estimate of drug-likeness (QED) is 0.241. The third-order valence-electron chi connectivity index (χ3n) is 4.55. The maximum atomic E-state index is 12.2. The molecule has 0 aliphatic rings. The maximum Gasteiger partial charge on any atom is 0.243 e. The van der Waals surface area contributed by atoms with Crippen molar-refractivity contribution in [3.05, 3.63) is 71.6 Å². The number of nitrogens with zero attached hydrogens (tertiary/aromatic N) is 2. The fourth-order valence-electron chi connectivity index (χ4n) is 2.85. The van der Waals surface area contributed by atoms with Crippen molar-refractivity contribution in [2.75, 3.05) is 18.9 Å². The molecule has 0 radical (unpaired) electrons. The molecule has 3 aromatic rings. The van der Waals surface area contributed by atoms with Crippen molar-refractivity contribution in [1.82, 2.24) is 15.6 Å². The first-order chi connectivity index (χ1) is 14.6. The Bertz CT molecular complexity index is 1010. The summed E-state index contributed by atoms with van der Waals surface area (Å²) >= 11 is 0. The van der Waals surface area contributed by atoms with Gasteiger partial charge < -0.3 is 20.4 Å². The van der Waals surface area contributed by atoms with E-state index in [-0.39, 0.29) is 36.4 Å². The smallest absolute Gasteiger partial charge is 0.243 e. The first-order valence-corrected chi connectivity index (χ1v) is 9.92. The van der Waals surface area contributed by atoms with E-state index in [9.17, 15) is 4.79 Å². The van der Waals surface area contributed by atoms with Gasteiger partial charge in [0.2, 0.25) is 11.8 Å². The van der Waals surface area contributed by atoms with Gasteiger partial charge in [-0.25, -0.2) is 4.98 Å². The van der Waals surface area contributed by atoms with Crippen LogP contribution in [-0.4, -0.2) is 30.4 Å². The number of hydrogen-bond acceptors (Lipinski definition) is 4. The number of benzene rings is 2. The van der Waals surface area contributed by atoms with Crippen molar-refractivity contribution in [2.24, 2.45) is 4.99 Å². The van der Waals surface area contributed by atoms with Crippen LogP contribution < -0.4 is 16.0 Å². The minimum absolute atomic E-state index is 0. The summed E-state index contributed by atoms with van der Waals surface area (Å²) in [7, 11) is 1.65. The molecule has 8 heteroatoms. The average Bonchev–Trinajstić information content (AvgIpc) is 3.23. The summed E-state index contributed by atoms with van der Waals surface area (Å²) in [5.41, 5.74) is 4.82. The van der Waals surface area contributed by atoms with E-state index in [1.54, 1.807) is 13.3 Å². The van der Waals surface area contributed by atoms with Gasteiger partial charge in [0.05, 0.1) is 18.8 Å². The summed E-state index contributed by atoms with van der Waals surface area (Å²) in [6.07, 6.45) is 2.54. The van der Waals surface area contributed by atoms with Gasteiger partial charge in [-0.1, -0.05) is 36.8 Å². The topological polar surface area (TPSA) is 91.5 Å². The fraction of sp³-hybridized carbons (Fsp3) is 0.261. The number of carbonyl (C=O) groups excluding carboxylic acids is 1. The van der Waals surface area contributed by atoms with Crippen molar-refractivity contribution in [1.29, 1.82) is 0 Å². The van der Waals surface area contributed by atoms with E-state index in [0.29, 0.717) is 18.4 Å². The van der Waals surface area contributed by atoms with Crippen molar-refractivity contribution < 1.29 is 9.21 Å². The van der Waals surface area contributed by atoms with Crippen LogP contribution in [0.15, 0.2) is 64.2 Å². The van der Waals surface area contributed by atoms with Crippen LogP contribution in [0.3, 0.4) is 0 Å². The van der Waals surface area contributed by atoms with Crippen molar-refractivity contribution in [3.63, 3.8) is 0 Å². The van der Waals surface area contributed by atoms with Gasteiger partial charge in [0.15, 0.2) is 5.96 Å². The van der Waals surface area contributed by atoms with E-state index in [1.165, 1.54) is 11.1 Å². The van der Waals surface area contributed by atoms with E-state index >= 15 is 0 Å². The molecule has 0 unspecified atom stereocenters. The fourth-order valence-corrected chi connectivity index (χ4v) is 2.85. The molecular weight excluding hydrogens is 505 g/mol. The number of halogens is 1. The van der Waals surface area contributed by atoms with Gasteiger partial charge in [0.25, 0.3) is 0 Å². The molecule has 3 rings (SSSR count). The minimum atomic E-state index is -0.144. The molecular formula is C23H28IN5O2. The predicted molar refractivity (Wildman–Crippen MR) is 135 cm³/mol. The van der Waals surface area contributed by atoms with Crippen molar-refractivity contribution in [3.8, 4) is 11.5 Å². The Kier molecular flexibility index (Phi) is 9.51. The zero-order valence-corrected chi connectivity index (χ0v) is 20.3. The lowest BCUT2D eigenvalue weighted by Crippen LogP contribution is -2.41. The normalized spacial score (nSPS) is 10.9. The van der Waals surface area contributed by atoms with Gasteiger partial charge in [-0.15, -0.1) is 24.0 Å². The number of hydrogen-bond donors (Lipinski definition) is 3. The van der Waals surface area contributed by atoms with Crippen LogP contribution in [0.4, 0.5) is 5.69 Å². The number of guanidine groups is 1. The Hall–Kier alpha value is -2.88. The van der Waals surface area contributed by atoms with Crippen LogP contribution in [0.25, 0.3) is 11.5 Å². The molecule has 0 aliphatic carbocycles. The number of oxazole rings is 1. The first-order valence-electron chi connectivity index (χ1n) is 9.92.